The quantitative estimate of drug-likeness (QED) is 0.161. The second kappa shape index (κ2) is 12.7. The minimum absolute atomic E-state index is 0.131. The molecule has 0 amide bonds. The lowest BCUT2D eigenvalue weighted by molar-refractivity contribution is 0.600. The molecule has 0 spiro atoms. The van der Waals surface area contributed by atoms with Crippen molar-refractivity contribution in [1.29, 1.82) is 0 Å². The third-order valence-corrected chi connectivity index (χ3v) is 8.49. The fourth-order valence-corrected chi connectivity index (χ4v) is 4.98. The Morgan fingerprint density at radius 1 is 0.698 bits per heavy atom. The number of aryl methyl sites for hydroxylation is 1. The minimum atomic E-state index is -3.32. The molecule has 3 N–H and O–H groups in total. The van der Waals surface area contributed by atoms with Crippen LogP contribution in [0.1, 0.15) is 30.5 Å². The number of hydrazone groups is 2. The largest absolute Gasteiger partial charge is 0.324 e. The summed E-state index contributed by atoms with van der Waals surface area (Å²) in [4.78, 5) is 9.25. The summed E-state index contributed by atoms with van der Waals surface area (Å²) in [6.07, 6.45) is 2.28. The van der Waals surface area contributed by atoms with E-state index in [9.17, 15) is 21.2 Å². The molecule has 0 aliphatic rings. The van der Waals surface area contributed by atoms with Gasteiger partial charge in [0.15, 0.2) is 31.3 Å². The summed E-state index contributed by atoms with van der Waals surface area (Å²) in [5.41, 5.74) is 9.20. The summed E-state index contributed by atoms with van der Waals surface area (Å²) in [5.74, 6) is 0.309. The molecule has 0 atom stereocenters. The second-order valence-electron chi connectivity index (χ2n) is 9.76. The molecule has 11 nitrogen and oxygen atoms in total. The van der Waals surface area contributed by atoms with Crippen molar-refractivity contribution in [2.24, 2.45) is 10.2 Å². The van der Waals surface area contributed by atoms with Crippen LogP contribution in [0.25, 0.3) is 0 Å². The number of hydrogen-bond donors (Lipinski definition) is 3. The van der Waals surface area contributed by atoms with E-state index in [0.29, 0.717) is 33.8 Å². The molecule has 14 heteroatoms. The van der Waals surface area contributed by atoms with E-state index in [4.69, 9.17) is 0 Å². The Morgan fingerprint density at radius 2 is 1.14 bits per heavy atom. The van der Waals surface area contributed by atoms with Crippen molar-refractivity contribution in [3.8, 4) is 0 Å². The smallest absolute Gasteiger partial charge is 0.231 e. The zero-order valence-electron chi connectivity index (χ0n) is 24.0. The summed E-state index contributed by atoms with van der Waals surface area (Å²) < 4.78 is 61.2. The lowest BCUT2D eigenvalue weighted by Gasteiger charge is -2.11. The van der Waals surface area contributed by atoms with Crippen molar-refractivity contribution in [3.05, 3.63) is 95.3 Å². The molecule has 1 heterocycles. The fourth-order valence-electron chi connectivity index (χ4n) is 3.72. The molecule has 0 bridgehead atoms. The van der Waals surface area contributed by atoms with E-state index in [1.165, 1.54) is 30.3 Å². The van der Waals surface area contributed by atoms with Gasteiger partial charge >= 0.3 is 0 Å². The molecule has 1 aromatic heterocycles. The van der Waals surface area contributed by atoms with Crippen LogP contribution in [0.4, 0.5) is 27.7 Å². The molecule has 224 valence electrons. The predicted octanol–water partition coefficient (Wildman–Crippen LogP) is 5.15. The standard InChI is InChI=1S/C29H30FN7O4S2/c1-18-6-11-23(16-26(18)30)31-29-32-27(36-34-19(2)21-7-12-24(13-8-21)42(4,38)39)17-28(33-29)37-35-20(3)22-9-14-25(15-10-22)43(5,40)41/h6-17H,1-5H3,(H3,31,32,33,36,37). The highest BCUT2D eigenvalue weighted by Gasteiger charge is 2.10. The summed E-state index contributed by atoms with van der Waals surface area (Å²) in [5, 5.41) is 11.7. The van der Waals surface area contributed by atoms with E-state index in [1.54, 1.807) is 63.2 Å². The van der Waals surface area contributed by atoms with Crippen LogP contribution in [-0.4, -0.2) is 50.7 Å². The Bertz CT molecular complexity index is 1820. The molecule has 4 rings (SSSR count). The monoisotopic (exact) mass is 623 g/mol. The molecular formula is C29H30FN7O4S2. The van der Waals surface area contributed by atoms with Gasteiger partial charge in [0.25, 0.3) is 0 Å². The topological polar surface area (TPSA) is 155 Å². The molecule has 0 aliphatic heterocycles. The van der Waals surface area contributed by atoms with Crippen LogP contribution in [0.5, 0.6) is 0 Å². The predicted molar refractivity (Wildman–Crippen MR) is 167 cm³/mol. The molecular weight excluding hydrogens is 593 g/mol. The molecule has 3 aromatic carbocycles. The van der Waals surface area contributed by atoms with Gasteiger partial charge in [0, 0.05) is 24.3 Å². The molecule has 43 heavy (non-hydrogen) atoms. The van der Waals surface area contributed by atoms with Crippen LogP contribution in [0.2, 0.25) is 0 Å². The highest BCUT2D eigenvalue weighted by molar-refractivity contribution is 7.91. The normalized spacial score (nSPS) is 12.6. The van der Waals surface area contributed by atoms with Crippen LogP contribution in [0, 0.1) is 12.7 Å². The van der Waals surface area contributed by atoms with Crippen LogP contribution >= 0.6 is 0 Å². The van der Waals surface area contributed by atoms with E-state index >= 15 is 0 Å². The van der Waals surface area contributed by atoms with E-state index in [-0.39, 0.29) is 33.2 Å². The summed E-state index contributed by atoms with van der Waals surface area (Å²) in [6, 6.07) is 18.9. The fraction of sp³-hybridized carbons (Fsp3) is 0.172. The number of sulfone groups is 2. The number of nitrogens with zero attached hydrogens (tertiary/aromatic N) is 4. The first-order chi connectivity index (χ1) is 20.2. The van der Waals surface area contributed by atoms with Crippen molar-refractivity contribution in [1.82, 2.24) is 9.97 Å². The number of halogens is 1. The molecule has 0 saturated carbocycles. The Labute approximate surface area is 249 Å². The van der Waals surface area contributed by atoms with Crippen LogP contribution < -0.4 is 16.2 Å². The van der Waals surface area contributed by atoms with Crippen LogP contribution in [0.15, 0.2) is 92.8 Å². The lowest BCUT2D eigenvalue weighted by Crippen LogP contribution is -2.07. The average Bonchev–Trinajstić information content (AvgIpc) is 2.96. The highest BCUT2D eigenvalue weighted by Crippen LogP contribution is 2.21. The van der Waals surface area contributed by atoms with Crippen LogP contribution in [-0.2, 0) is 19.7 Å². The summed E-state index contributed by atoms with van der Waals surface area (Å²) in [6.45, 7) is 5.16. The van der Waals surface area contributed by atoms with Crippen molar-refractivity contribution in [2.45, 2.75) is 30.6 Å². The van der Waals surface area contributed by atoms with Gasteiger partial charge in [0.1, 0.15) is 5.82 Å². The Morgan fingerprint density at radius 3 is 1.53 bits per heavy atom. The maximum absolute atomic E-state index is 14.2. The third-order valence-electron chi connectivity index (χ3n) is 6.23. The molecule has 0 saturated heterocycles. The first-order valence-corrected chi connectivity index (χ1v) is 16.6. The van der Waals surface area contributed by atoms with Gasteiger partial charge < -0.3 is 5.32 Å². The van der Waals surface area contributed by atoms with Crippen molar-refractivity contribution < 1.29 is 21.2 Å². The van der Waals surface area contributed by atoms with Gasteiger partial charge in [0.2, 0.25) is 5.95 Å². The number of anilines is 4. The van der Waals surface area contributed by atoms with Crippen molar-refractivity contribution in [3.63, 3.8) is 0 Å². The average molecular weight is 624 g/mol. The van der Waals surface area contributed by atoms with Gasteiger partial charge in [-0.05, 0) is 73.9 Å². The van der Waals surface area contributed by atoms with Gasteiger partial charge in [0.05, 0.1) is 21.2 Å². The number of nitrogens with one attached hydrogen (secondary N) is 3. The number of aromatic nitrogens is 2. The van der Waals surface area contributed by atoms with Crippen molar-refractivity contribution >= 4 is 54.4 Å². The SMILES string of the molecule is CC(=NNc1cc(NN=C(C)c2ccc(S(C)(=O)=O)cc2)nc(Nc2ccc(C)c(F)c2)n1)c1ccc(S(C)(=O)=O)cc1. The second-order valence-corrected chi connectivity index (χ2v) is 13.8. The van der Waals surface area contributed by atoms with E-state index in [2.05, 4.69) is 36.3 Å². The number of hydrogen-bond acceptors (Lipinski definition) is 11. The minimum Gasteiger partial charge on any atom is -0.324 e. The molecule has 0 aliphatic carbocycles. The highest BCUT2D eigenvalue weighted by atomic mass is 32.2. The maximum Gasteiger partial charge on any atom is 0.231 e. The maximum atomic E-state index is 14.2. The summed E-state index contributed by atoms with van der Waals surface area (Å²) >= 11 is 0. The van der Waals surface area contributed by atoms with Gasteiger partial charge in [-0.15, -0.1) is 0 Å². The molecule has 0 unspecified atom stereocenters. The molecule has 0 radical (unpaired) electrons. The first kappa shape index (κ1) is 31.3. The van der Waals surface area contributed by atoms with Crippen molar-refractivity contribution in [2.75, 3.05) is 28.7 Å². The van der Waals surface area contributed by atoms with Gasteiger partial charge in [-0.25, -0.2) is 21.2 Å². The third kappa shape index (κ3) is 8.42. The van der Waals surface area contributed by atoms with Gasteiger partial charge in [-0.3, -0.25) is 10.9 Å². The molecule has 4 aromatic rings. The number of benzene rings is 3. The van der Waals surface area contributed by atoms with E-state index in [1.807, 2.05) is 0 Å². The molecule has 0 fully saturated rings. The summed E-state index contributed by atoms with van der Waals surface area (Å²) in [7, 11) is -6.65. The van der Waals surface area contributed by atoms with Crippen LogP contribution in [0.3, 0.4) is 0 Å². The zero-order valence-corrected chi connectivity index (χ0v) is 25.7. The number of rotatable bonds is 10. The Balaban J connectivity index is 1.61. The van der Waals surface area contributed by atoms with E-state index < -0.39 is 19.7 Å². The first-order valence-electron chi connectivity index (χ1n) is 12.8. The Hall–Kier alpha value is -4.69. The van der Waals surface area contributed by atoms with Gasteiger partial charge in [-0.1, -0.05) is 30.3 Å². The van der Waals surface area contributed by atoms with Gasteiger partial charge in [-0.2, -0.15) is 20.2 Å². The zero-order chi connectivity index (χ0) is 31.4. The van der Waals surface area contributed by atoms with E-state index in [0.717, 1.165) is 12.5 Å². The Kier molecular flexibility index (Phi) is 9.21. The lowest BCUT2D eigenvalue weighted by atomic mass is 10.1.